The fraction of sp³-hybridized carbons (Fsp3) is 0.250. The number of carbonyl (C=O) groups excluding carboxylic acids is 2. The number of nitrogens with zero attached hydrogens (tertiary/aromatic N) is 1. The first kappa shape index (κ1) is 20.2. The Kier molecular flexibility index (Phi) is 6.53. The molecule has 0 bridgehead atoms. The van der Waals surface area contributed by atoms with E-state index in [4.69, 9.17) is 12.2 Å². The standard InChI is InChI=1S/C20H22N4O2S2/c1-2-20(15-9-5-3-6-10-15)17(25)24(19(26)22-20)23-18(27)21-13-14-28-16-11-7-4-8-12-16/h3-12H,2,13-14H2,1H3,(H,22,26)(H2,21,23,27)/t20-/m1/s1. The van der Waals surface area contributed by atoms with E-state index in [2.05, 4.69) is 16.1 Å². The molecule has 0 aromatic heterocycles. The Hall–Kier alpha value is -2.58. The number of hydrogen-bond acceptors (Lipinski definition) is 4. The molecule has 1 fully saturated rings. The molecule has 1 aliphatic heterocycles. The number of imide groups is 1. The average Bonchev–Trinajstić information content (AvgIpc) is 2.98. The van der Waals surface area contributed by atoms with Crippen molar-refractivity contribution < 1.29 is 9.59 Å². The average molecular weight is 415 g/mol. The zero-order valence-corrected chi connectivity index (χ0v) is 17.1. The first-order chi connectivity index (χ1) is 13.6. The molecule has 1 aliphatic rings. The first-order valence-corrected chi connectivity index (χ1v) is 10.4. The summed E-state index contributed by atoms with van der Waals surface area (Å²) in [6.45, 7) is 2.47. The molecule has 3 rings (SSSR count). The summed E-state index contributed by atoms with van der Waals surface area (Å²) in [4.78, 5) is 26.6. The molecule has 146 valence electrons. The lowest BCUT2D eigenvalue weighted by molar-refractivity contribution is -0.133. The molecule has 8 heteroatoms. The predicted octanol–water partition coefficient (Wildman–Crippen LogP) is 3.02. The summed E-state index contributed by atoms with van der Waals surface area (Å²) in [5.74, 6) is 0.434. The summed E-state index contributed by atoms with van der Waals surface area (Å²) in [6, 6.07) is 18.8. The Labute approximate surface area is 174 Å². The van der Waals surface area contributed by atoms with Gasteiger partial charge in [-0.05, 0) is 36.3 Å². The Balaban J connectivity index is 1.56. The Morgan fingerprint density at radius 3 is 2.39 bits per heavy atom. The lowest BCUT2D eigenvalue weighted by atomic mass is 9.87. The Morgan fingerprint density at radius 1 is 1.11 bits per heavy atom. The highest BCUT2D eigenvalue weighted by atomic mass is 32.2. The van der Waals surface area contributed by atoms with Crippen molar-refractivity contribution in [2.75, 3.05) is 12.3 Å². The van der Waals surface area contributed by atoms with E-state index in [1.165, 1.54) is 4.90 Å². The third-order valence-electron chi connectivity index (χ3n) is 4.50. The maximum absolute atomic E-state index is 13.0. The monoisotopic (exact) mass is 414 g/mol. The molecule has 0 aliphatic carbocycles. The summed E-state index contributed by atoms with van der Waals surface area (Å²) in [5.41, 5.74) is 2.39. The minimum Gasteiger partial charge on any atom is -0.360 e. The van der Waals surface area contributed by atoms with Crippen molar-refractivity contribution >= 4 is 41.0 Å². The van der Waals surface area contributed by atoms with Crippen molar-refractivity contribution in [2.45, 2.75) is 23.8 Å². The number of thioether (sulfide) groups is 1. The van der Waals surface area contributed by atoms with E-state index >= 15 is 0 Å². The third-order valence-corrected chi connectivity index (χ3v) is 5.75. The topological polar surface area (TPSA) is 73.5 Å². The van der Waals surface area contributed by atoms with Crippen LogP contribution in [0.3, 0.4) is 0 Å². The van der Waals surface area contributed by atoms with Gasteiger partial charge in [0, 0.05) is 17.2 Å². The molecule has 1 saturated heterocycles. The van der Waals surface area contributed by atoms with Crippen molar-refractivity contribution in [2.24, 2.45) is 0 Å². The summed E-state index contributed by atoms with van der Waals surface area (Å²) < 4.78 is 0. The van der Waals surface area contributed by atoms with Crippen LogP contribution in [-0.2, 0) is 10.3 Å². The normalized spacial score (nSPS) is 18.7. The molecular formula is C20H22N4O2S2. The minimum atomic E-state index is -1.08. The van der Waals surface area contributed by atoms with E-state index in [-0.39, 0.29) is 11.0 Å². The van der Waals surface area contributed by atoms with Gasteiger partial charge in [0.25, 0.3) is 5.91 Å². The molecule has 2 aromatic rings. The number of hydrazine groups is 1. The van der Waals surface area contributed by atoms with Crippen molar-refractivity contribution in [1.29, 1.82) is 0 Å². The SMILES string of the molecule is CC[C@]1(c2ccccc2)NC(=O)N(NC(=S)NCCSc2ccccc2)C1=O. The molecule has 1 atom stereocenters. The Bertz CT molecular complexity index is 848. The summed E-state index contributed by atoms with van der Waals surface area (Å²) in [5, 5.41) is 7.03. The number of amides is 3. The zero-order valence-electron chi connectivity index (χ0n) is 15.5. The largest absolute Gasteiger partial charge is 0.360 e. The molecule has 0 radical (unpaired) electrons. The number of hydrogen-bond donors (Lipinski definition) is 3. The maximum Gasteiger partial charge on any atom is 0.344 e. The van der Waals surface area contributed by atoms with Crippen molar-refractivity contribution in [3.8, 4) is 0 Å². The quantitative estimate of drug-likeness (QED) is 0.280. The third kappa shape index (κ3) is 4.28. The van der Waals surface area contributed by atoms with Crippen molar-refractivity contribution in [3.63, 3.8) is 0 Å². The maximum atomic E-state index is 13.0. The van der Waals surface area contributed by atoms with Crippen LogP contribution in [0.1, 0.15) is 18.9 Å². The van der Waals surface area contributed by atoms with Gasteiger partial charge in [-0.25, -0.2) is 4.79 Å². The first-order valence-electron chi connectivity index (χ1n) is 9.01. The highest BCUT2D eigenvalue weighted by Crippen LogP contribution is 2.31. The van der Waals surface area contributed by atoms with Crippen LogP contribution < -0.4 is 16.1 Å². The smallest absolute Gasteiger partial charge is 0.344 e. The van der Waals surface area contributed by atoms with E-state index in [9.17, 15) is 9.59 Å². The highest BCUT2D eigenvalue weighted by molar-refractivity contribution is 7.99. The van der Waals surface area contributed by atoms with Crippen molar-refractivity contribution in [3.05, 3.63) is 66.2 Å². The highest BCUT2D eigenvalue weighted by Gasteiger charge is 2.51. The molecule has 0 unspecified atom stereocenters. The van der Waals surface area contributed by atoms with Gasteiger partial charge in [-0.3, -0.25) is 10.2 Å². The molecule has 28 heavy (non-hydrogen) atoms. The number of urea groups is 1. The van der Waals surface area contributed by atoms with Crippen LogP contribution in [0.25, 0.3) is 0 Å². The predicted molar refractivity (Wildman–Crippen MR) is 115 cm³/mol. The second kappa shape index (κ2) is 9.07. The number of nitrogens with one attached hydrogen (secondary N) is 3. The summed E-state index contributed by atoms with van der Waals surface area (Å²) in [6.07, 6.45) is 0.438. The van der Waals surface area contributed by atoms with Crippen LogP contribution in [-0.4, -0.2) is 34.4 Å². The van der Waals surface area contributed by atoms with Gasteiger partial charge in [0.15, 0.2) is 5.11 Å². The molecule has 0 spiro atoms. The van der Waals surface area contributed by atoms with Gasteiger partial charge in [-0.15, -0.1) is 11.8 Å². The van der Waals surface area contributed by atoms with Gasteiger partial charge in [0.2, 0.25) is 0 Å². The van der Waals surface area contributed by atoms with E-state index in [0.29, 0.717) is 13.0 Å². The van der Waals surface area contributed by atoms with Gasteiger partial charge < -0.3 is 10.6 Å². The number of rotatable bonds is 7. The number of thiocarbonyl (C=S) groups is 1. The lowest BCUT2D eigenvalue weighted by Crippen LogP contribution is -2.51. The summed E-state index contributed by atoms with van der Waals surface area (Å²) >= 11 is 6.95. The molecule has 3 amide bonds. The molecule has 6 nitrogen and oxygen atoms in total. The molecular weight excluding hydrogens is 392 g/mol. The van der Waals surface area contributed by atoms with Crippen molar-refractivity contribution in [1.82, 2.24) is 21.1 Å². The molecule has 0 saturated carbocycles. The van der Waals surface area contributed by atoms with E-state index in [0.717, 1.165) is 16.3 Å². The van der Waals surface area contributed by atoms with Gasteiger partial charge in [0.1, 0.15) is 5.54 Å². The molecule has 2 aromatic carbocycles. The van der Waals surface area contributed by atoms with Gasteiger partial charge in [-0.2, -0.15) is 5.01 Å². The minimum absolute atomic E-state index is 0.233. The van der Waals surface area contributed by atoms with Gasteiger partial charge >= 0.3 is 6.03 Å². The fourth-order valence-electron chi connectivity index (χ4n) is 3.03. The number of carbonyl (C=O) groups is 2. The van der Waals surface area contributed by atoms with Crippen LogP contribution in [0.2, 0.25) is 0 Å². The van der Waals surface area contributed by atoms with Crippen LogP contribution in [0.5, 0.6) is 0 Å². The second-order valence-electron chi connectivity index (χ2n) is 6.22. The second-order valence-corrected chi connectivity index (χ2v) is 7.80. The lowest BCUT2D eigenvalue weighted by Gasteiger charge is -2.25. The zero-order chi connectivity index (χ0) is 20.0. The summed E-state index contributed by atoms with van der Waals surface area (Å²) in [7, 11) is 0. The fourth-order valence-corrected chi connectivity index (χ4v) is 4.01. The van der Waals surface area contributed by atoms with E-state index in [1.807, 2.05) is 67.6 Å². The number of benzene rings is 2. The van der Waals surface area contributed by atoms with E-state index < -0.39 is 11.6 Å². The van der Waals surface area contributed by atoms with Gasteiger partial charge in [0.05, 0.1) is 0 Å². The molecule has 3 N–H and O–H groups in total. The van der Waals surface area contributed by atoms with E-state index in [1.54, 1.807) is 11.8 Å². The van der Waals surface area contributed by atoms with Gasteiger partial charge in [-0.1, -0.05) is 55.5 Å². The van der Waals surface area contributed by atoms with Crippen LogP contribution in [0, 0.1) is 0 Å². The Morgan fingerprint density at radius 2 is 1.75 bits per heavy atom. The van der Waals surface area contributed by atoms with Crippen LogP contribution in [0.4, 0.5) is 4.79 Å². The van der Waals surface area contributed by atoms with Crippen LogP contribution >= 0.6 is 24.0 Å². The molecule has 1 heterocycles. The van der Waals surface area contributed by atoms with Crippen LogP contribution in [0.15, 0.2) is 65.6 Å².